The van der Waals surface area contributed by atoms with Crippen molar-refractivity contribution < 1.29 is 14.0 Å². The van der Waals surface area contributed by atoms with Gasteiger partial charge in [0.1, 0.15) is 16.4 Å². The van der Waals surface area contributed by atoms with Crippen LogP contribution in [0.2, 0.25) is 0 Å². The number of nitrogens with one attached hydrogen (secondary N) is 2. The first-order chi connectivity index (χ1) is 12.0. The number of fused-ring (bicyclic) bond motifs is 2. The van der Waals surface area contributed by atoms with Crippen LogP contribution in [0.5, 0.6) is 0 Å². The third-order valence-corrected chi connectivity index (χ3v) is 5.04. The Hall–Kier alpha value is -3.00. The number of halogens is 1. The van der Waals surface area contributed by atoms with Crippen LogP contribution in [0.15, 0.2) is 30.5 Å². The molecule has 1 aliphatic heterocycles. The number of nitrogen functional groups attached to an aromatic ring is 1. The van der Waals surface area contributed by atoms with Crippen molar-refractivity contribution in [3.63, 3.8) is 0 Å². The Kier molecular flexibility index (Phi) is 3.61. The molecule has 2 amide bonds. The summed E-state index contributed by atoms with van der Waals surface area (Å²) in [6.07, 6.45) is 2.12. The van der Waals surface area contributed by atoms with Crippen molar-refractivity contribution in [2.75, 3.05) is 17.6 Å². The zero-order chi connectivity index (χ0) is 17.6. The average molecular weight is 356 g/mol. The van der Waals surface area contributed by atoms with Crippen LogP contribution in [0.1, 0.15) is 26.3 Å². The van der Waals surface area contributed by atoms with Gasteiger partial charge in [0.2, 0.25) is 0 Å². The van der Waals surface area contributed by atoms with Gasteiger partial charge in [0.15, 0.2) is 0 Å². The molecule has 0 spiro atoms. The van der Waals surface area contributed by atoms with Crippen molar-refractivity contribution >= 4 is 44.1 Å². The van der Waals surface area contributed by atoms with E-state index >= 15 is 0 Å². The molecule has 1 aromatic carbocycles. The molecule has 0 saturated carbocycles. The van der Waals surface area contributed by atoms with Crippen LogP contribution in [0.25, 0.3) is 10.2 Å². The van der Waals surface area contributed by atoms with Crippen LogP contribution in [0.3, 0.4) is 0 Å². The number of pyridine rings is 1. The molecule has 25 heavy (non-hydrogen) atoms. The minimum atomic E-state index is -0.590. The molecule has 6 nitrogen and oxygen atoms in total. The lowest BCUT2D eigenvalue weighted by Crippen LogP contribution is -2.32. The highest BCUT2D eigenvalue weighted by Gasteiger charge is 2.23. The molecular weight excluding hydrogens is 343 g/mol. The summed E-state index contributed by atoms with van der Waals surface area (Å²) in [5, 5.41) is 5.51. The number of nitrogens with zero attached hydrogens (tertiary/aromatic N) is 1. The number of carbonyl (C=O) groups excluding carboxylic acids is 2. The lowest BCUT2D eigenvalue weighted by atomic mass is 9.99. The highest BCUT2D eigenvalue weighted by atomic mass is 32.1. The molecule has 4 N–H and O–H groups in total. The molecule has 0 aliphatic carbocycles. The van der Waals surface area contributed by atoms with Crippen molar-refractivity contribution in [1.82, 2.24) is 10.3 Å². The van der Waals surface area contributed by atoms with E-state index in [0.717, 1.165) is 4.70 Å². The van der Waals surface area contributed by atoms with Crippen molar-refractivity contribution in [3.05, 3.63) is 53.0 Å². The number of anilines is 2. The Balaban J connectivity index is 1.72. The fraction of sp³-hybridized carbons (Fsp3) is 0.118. The molecule has 0 atom stereocenters. The third kappa shape index (κ3) is 2.60. The number of thiophene rings is 1. The first kappa shape index (κ1) is 15.5. The molecule has 8 heteroatoms. The summed E-state index contributed by atoms with van der Waals surface area (Å²) < 4.78 is 15.1. The standard InChI is InChI=1S/C17H13FN4O2S/c18-10-6-8-3-5-21-16(23)9(8)7-11(10)22-17(24)13-14-12(25-15(13)19)2-1-4-20-14/h1-2,4,6-7H,3,5,19H2,(H,21,23)(H,22,24). The maximum absolute atomic E-state index is 14.3. The van der Waals surface area contributed by atoms with Crippen LogP contribution in [0.4, 0.5) is 15.1 Å². The number of amides is 2. The first-order valence-electron chi connectivity index (χ1n) is 7.59. The number of hydrogen-bond acceptors (Lipinski definition) is 5. The zero-order valence-electron chi connectivity index (χ0n) is 12.9. The number of hydrogen-bond donors (Lipinski definition) is 3. The fourth-order valence-electron chi connectivity index (χ4n) is 2.89. The monoisotopic (exact) mass is 356 g/mol. The van der Waals surface area contributed by atoms with E-state index in [2.05, 4.69) is 15.6 Å². The fourth-order valence-corrected chi connectivity index (χ4v) is 3.81. The Bertz CT molecular complexity index is 1030. The van der Waals surface area contributed by atoms with Gasteiger partial charge < -0.3 is 16.4 Å². The summed E-state index contributed by atoms with van der Waals surface area (Å²) in [5.74, 6) is -1.43. The van der Waals surface area contributed by atoms with E-state index in [9.17, 15) is 14.0 Å². The van der Waals surface area contributed by atoms with Crippen molar-refractivity contribution in [2.24, 2.45) is 0 Å². The summed E-state index contributed by atoms with van der Waals surface area (Å²) in [4.78, 5) is 28.7. The lowest BCUT2D eigenvalue weighted by Gasteiger charge is -2.18. The maximum atomic E-state index is 14.3. The SMILES string of the molecule is Nc1sc2cccnc2c1C(=O)Nc1cc2c(cc1F)CCNC2=O. The van der Waals surface area contributed by atoms with Gasteiger partial charge in [-0.1, -0.05) is 0 Å². The minimum Gasteiger partial charge on any atom is -0.390 e. The molecule has 0 radical (unpaired) electrons. The smallest absolute Gasteiger partial charge is 0.260 e. The second kappa shape index (κ2) is 5.82. The number of rotatable bonds is 2. The second-order valence-electron chi connectivity index (χ2n) is 5.64. The quantitative estimate of drug-likeness (QED) is 0.657. The van der Waals surface area contributed by atoms with Crippen molar-refractivity contribution in [2.45, 2.75) is 6.42 Å². The van der Waals surface area contributed by atoms with Gasteiger partial charge in [0.05, 0.1) is 15.9 Å². The average Bonchev–Trinajstić information content (AvgIpc) is 2.92. The van der Waals surface area contributed by atoms with Gasteiger partial charge in [-0.25, -0.2) is 4.39 Å². The predicted molar refractivity (Wildman–Crippen MR) is 94.4 cm³/mol. The van der Waals surface area contributed by atoms with Gasteiger partial charge in [0, 0.05) is 18.3 Å². The number of aromatic nitrogens is 1. The molecule has 126 valence electrons. The molecule has 2 aromatic heterocycles. The normalized spacial score (nSPS) is 13.4. The van der Waals surface area contributed by atoms with Gasteiger partial charge >= 0.3 is 0 Å². The van der Waals surface area contributed by atoms with E-state index in [1.807, 2.05) is 6.07 Å². The van der Waals surface area contributed by atoms with Crippen LogP contribution in [-0.2, 0) is 6.42 Å². The zero-order valence-corrected chi connectivity index (χ0v) is 13.7. The van der Waals surface area contributed by atoms with Gasteiger partial charge in [-0.05, 0) is 36.2 Å². The van der Waals surface area contributed by atoms with E-state index in [0.29, 0.717) is 34.6 Å². The molecule has 4 rings (SSSR count). The Morgan fingerprint density at radius 3 is 3.08 bits per heavy atom. The molecule has 1 aliphatic rings. The Morgan fingerprint density at radius 1 is 1.40 bits per heavy atom. The van der Waals surface area contributed by atoms with Gasteiger partial charge in [-0.3, -0.25) is 14.6 Å². The molecule has 0 bridgehead atoms. The summed E-state index contributed by atoms with van der Waals surface area (Å²) in [6, 6.07) is 6.21. The highest BCUT2D eigenvalue weighted by molar-refractivity contribution is 7.23. The van der Waals surface area contributed by atoms with Crippen LogP contribution in [-0.4, -0.2) is 23.3 Å². The number of benzene rings is 1. The molecule has 0 unspecified atom stereocenters. The van der Waals surface area contributed by atoms with Gasteiger partial charge in [0.25, 0.3) is 11.8 Å². The van der Waals surface area contributed by atoms with Crippen molar-refractivity contribution in [1.29, 1.82) is 0 Å². The molecular formula is C17H13FN4O2S. The maximum Gasteiger partial charge on any atom is 0.260 e. The van der Waals surface area contributed by atoms with Crippen LogP contribution >= 0.6 is 11.3 Å². The summed E-state index contributed by atoms with van der Waals surface area (Å²) in [7, 11) is 0. The van der Waals surface area contributed by atoms with Crippen LogP contribution in [0, 0.1) is 5.82 Å². The van der Waals surface area contributed by atoms with E-state index in [1.165, 1.54) is 23.5 Å². The van der Waals surface area contributed by atoms with Crippen LogP contribution < -0.4 is 16.4 Å². The summed E-state index contributed by atoms with van der Waals surface area (Å²) in [6.45, 7) is 0.472. The Labute approximate surface area is 145 Å². The van der Waals surface area contributed by atoms with E-state index in [-0.39, 0.29) is 17.2 Å². The number of carbonyl (C=O) groups is 2. The molecule has 0 saturated heterocycles. The van der Waals surface area contributed by atoms with E-state index in [4.69, 9.17) is 5.73 Å². The largest absolute Gasteiger partial charge is 0.390 e. The summed E-state index contributed by atoms with van der Waals surface area (Å²) >= 11 is 1.24. The first-order valence-corrected chi connectivity index (χ1v) is 8.41. The number of nitrogens with two attached hydrogens (primary N) is 1. The summed E-state index contributed by atoms with van der Waals surface area (Å²) in [5.41, 5.74) is 7.55. The van der Waals surface area contributed by atoms with Gasteiger partial charge in [-0.15, -0.1) is 11.3 Å². The molecule has 0 fully saturated rings. The highest BCUT2D eigenvalue weighted by Crippen LogP contribution is 2.33. The predicted octanol–water partition coefficient (Wildman–Crippen LogP) is 2.56. The van der Waals surface area contributed by atoms with E-state index in [1.54, 1.807) is 12.3 Å². The van der Waals surface area contributed by atoms with Gasteiger partial charge in [-0.2, -0.15) is 0 Å². The lowest BCUT2D eigenvalue weighted by molar-refractivity contribution is 0.0944. The molecule has 3 heterocycles. The Morgan fingerprint density at radius 2 is 2.24 bits per heavy atom. The van der Waals surface area contributed by atoms with E-state index < -0.39 is 11.7 Å². The topological polar surface area (TPSA) is 97.1 Å². The third-order valence-electron chi connectivity index (χ3n) is 4.07. The minimum absolute atomic E-state index is 0.0597. The molecule has 3 aromatic rings. The second-order valence-corrected chi connectivity index (χ2v) is 6.72. The van der Waals surface area contributed by atoms with Crippen molar-refractivity contribution in [3.8, 4) is 0 Å².